The minimum atomic E-state index is -0.989. The molecule has 1 aliphatic heterocycles. The highest BCUT2D eigenvalue weighted by Gasteiger charge is 2.42. The predicted octanol–water partition coefficient (Wildman–Crippen LogP) is 0.755. The molecule has 1 unspecified atom stereocenters. The lowest BCUT2D eigenvalue weighted by atomic mass is 10.0. The Morgan fingerprint density at radius 2 is 2.30 bits per heavy atom. The molecule has 0 aromatic carbocycles. The van der Waals surface area contributed by atoms with Crippen LogP contribution in [0.4, 0.5) is 0 Å². The molecule has 1 saturated heterocycles. The molecule has 2 aromatic rings. The van der Waals surface area contributed by atoms with E-state index in [2.05, 4.69) is 15.0 Å². The number of halogens is 1. The van der Waals surface area contributed by atoms with E-state index in [1.54, 1.807) is 22.7 Å². The maximum Gasteiger partial charge on any atom is 0.320 e. The maximum atomic E-state index is 10.8. The minimum Gasteiger partial charge on any atom is -0.480 e. The third kappa shape index (κ3) is 4.11. The number of nitrogens with zero attached hydrogens (tertiary/aromatic N) is 4. The number of alkyl halides is 1. The Balaban J connectivity index is 1.66. The fourth-order valence-electron chi connectivity index (χ4n) is 2.89. The number of thioether (sulfide) groups is 1. The van der Waals surface area contributed by atoms with Crippen LogP contribution in [0, 0.1) is 5.92 Å². The molecule has 5 N–H and O–H groups in total. The molecule has 2 aromatic heterocycles. The summed E-state index contributed by atoms with van der Waals surface area (Å²) >= 11 is 8.21. The van der Waals surface area contributed by atoms with Crippen molar-refractivity contribution in [2.45, 2.75) is 37.1 Å². The molecular formula is C15H21ClN6O4S. The summed E-state index contributed by atoms with van der Waals surface area (Å²) in [6.07, 6.45) is 2.78. The largest absolute Gasteiger partial charge is 0.480 e. The van der Waals surface area contributed by atoms with E-state index in [0.717, 1.165) is 0 Å². The summed E-state index contributed by atoms with van der Waals surface area (Å²) < 4.78 is 7.91. The second-order valence-electron chi connectivity index (χ2n) is 6.30. The number of hydrogen-bond acceptors (Lipinski definition) is 9. The third-order valence-corrected chi connectivity index (χ3v) is 6.26. The van der Waals surface area contributed by atoms with Crippen LogP contribution in [0.2, 0.25) is 0 Å². The quantitative estimate of drug-likeness (QED) is 0.319. The number of nitrogens with two attached hydrogens (primary N) is 2. The van der Waals surface area contributed by atoms with Gasteiger partial charge >= 0.3 is 5.97 Å². The SMILES string of the molecule is C[C@@H]1[C@@H](CSCC[C@H](N)C(=O)O)OC(n2cnc3c(ON)ncnc32)[C@@H]1Cl. The van der Waals surface area contributed by atoms with Crippen LogP contribution in [-0.2, 0) is 9.53 Å². The van der Waals surface area contributed by atoms with Crippen molar-refractivity contribution in [3.63, 3.8) is 0 Å². The molecule has 0 radical (unpaired) electrons. The number of rotatable bonds is 8. The van der Waals surface area contributed by atoms with Gasteiger partial charge in [0.15, 0.2) is 17.4 Å². The maximum absolute atomic E-state index is 10.8. The van der Waals surface area contributed by atoms with Crippen LogP contribution in [0.25, 0.3) is 11.2 Å². The Labute approximate surface area is 164 Å². The highest BCUT2D eigenvalue weighted by atomic mass is 35.5. The molecule has 3 heterocycles. The number of ether oxygens (including phenoxy) is 1. The zero-order valence-corrected chi connectivity index (χ0v) is 16.1. The Hall–Kier alpha value is -1.66. The predicted molar refractivity (Wildman–Crippen MR) is 100 cm³/mol. The van der Waals surface area contributed by atoms with Gasteiger partial charge in [-0.1, -0.05) is 6.92 Å². The van der Waals surface area contributed by atoms with Crippen LogP contribution < -0.4 is 16.5 Å². The Morgan fingerprint density at radius 3 is 3.00 bits per heavy atom. The monoisotopic (exact) mass is 416 g/mol. The first-order valence-corrected chi connectivity index (χ1v) is 9.93. The number of carboxylic acids is 1. The van der Waals surface area contributed by atoms with Gasteiger partial charge in [0, 0.05) is 11.7 Å². The second-order valence-corrected chi connectivity index (χ2v) is 7.95. The molecule has 0 spiro atoms. The lowest BCUT2D eigenvalue weighted by Gasteiger charge is -2.16. The first-order valence-electron chi connectivity index (χ1n) is 8.34. The van der Waals surface area contributed by atoms with E-state index >= 15 is 0 Å². The van der Waals surface area contributed by atoms with E-state index in [1.807, 2.05) is 6.92 Å². The fraction of sp³-hybridized carbons (Fsp3) is 0.600. The topological polar surface area (TPSA) is 151 Å². The molecule has 148 valence electrons. The molecule has 1 fully saturated rings. The normalized spacial score (nSPS) is 26.4. The number of aromatic nitrogens is 4. The molecule has 0 saturated carbocycles. The number of carbonyl (C=O) groups is 1. The van der Waals surface area contributed by atoms with Crippen molar-refractivity contribution in [3.8, 4) is 5.88 Å². The van der Waals surface area contributed by atoms with Crippen molar-refractivity contribution in [2.75, 3.05) is 11.5 Å². The summed E-state index contributed by atoms with van der Waals surface area (Å²) in [6.45, 7) is 2.02. The standard InChI is InChI=1S/C15H21ClN6O4S/c1-7-9(4-27-3-2-8(17)15(23)24)25-14(10(7)16)22-6-21-11-12(22)19-5-20-13(11)26-18/h5-10,14H,2-4,17-18H2,1H3,(H,23,24)/t7-,8+,9-,10-,14?/m1/s1. The second kappa shape index (κ2) is 8.57. The van der Waals surface area contributed by atoms with Crippen molar-refractivity contribution < 1.29 is 19.5 Å². The molecule has 1 aliphatic rings. The molecule has 0 aliphatic carbocycles. The highest BCUT2D eigenvalue weighted by Crippen LogP contribution is 2.40. The first kappa shape index (κ1) is 20.1. The highest BCUT2D eigenvalue weighted by molar-refractivity contribution is 7.99. The Bertz CT molecular complexity index is 808. The zero-order valence-electron chi connectivity index (χ0n) is 14.6. The lowest BCUT2D eigenvalue weighted by molar-refractivity contribution is -0.138. The summed E-state index contributed by atoms with van der Waals surface area (Å²) in [7, 11) is 0. The number of hydrogen-bond donors (Lipinski definition) is 3. The van der Waals surface area contributed by atoms with Gasteiger partial charge in [0.05, 0.1) is 17.8 Å². The summed E-state index contributed by atoms with van der Waals surface area (Å²) in [5.41, 5.74) is 6.47. The fourth-order valence-corrected chi connectivity index (χ4v) is 4.43. The molecule has 5 atom stereocenters. The van der Waals surface area contributed by atoms with Crippen molar-refractivity contribution in [1.29, 1.82) is 0 Å². The van der Waals surface area contributed by atoms with Crippen molar-refractivity contribution in [2.24, 2.45) is 17.5 Å². The van der Waals surface area contributed by atoms with E-state index in [4.69, 9.17) is 37.9 Å². The molecular weight excluding hydrogens is 396 g/mol. The molecule has 3 rings (SSSR count). The Morgan fingerprint density at radius 1 is 1.52 bits per heavy atom. The zero-order chi connectivity index (χ0) is 19.6. The number of imidazole rings is 1. The van der Waals surface area contributed by atoms with Crippen LogP contribution >= 0.6 is 23.4 Å². The summed E-state index contributed by atoms with van der Waals surface area (Å²) in [5.74, 6) is 5.81. The first-order chi connectivity index (χ1) is 12.9. The number of fused-ring (bicyclic) bond motifs is 1. The lowest BCUT2D eigenvalue weighted by Crippen LogP contribution is -2.30. The van der Waals surface area contributed by atoms with Crippen LogP contribution in [0.15, 0.2) is 12.7 Å². The summed E-state index contributed by atoms with van der Waals surface area (Å²) in [4.78, 5) is 27.9. The average molecular weight is 417 g/mol. The van der Waals surface area contributed by atoms with Gasteiger partial charge in [-0.2, -0.15) is 22.6 Å². The van der Waals surface area contributed by atoms with Gasteiger partial charge in [0.1, 0.15) is 12.4 Å². The van der Waals surface area contributed by atoms with Crippen molar-refractivity contribution in [3.05, 3.63) is 12.7 Å². The number of aliphatic carboxylic acids is 1. The van der Waals surface area contributed by atoms with Crippen LogP contribution in [-0.4, -0.2) is 59.6 Å². The third-order valence-electron chi connectivity index (χ3n) is 4.56. The molecule has 12 heteroatoms. The number of carboxylic acid groups (broad SMARTS) is 1. The van der Waals surface area contributed by atoms with Crippen LogP contribution in [0.1, 0.15) is 19.6 Å². The molecule has 27 heavy (non-hydrogen) atoms. The van der Waals surface area contributed by atoms with Crippen molar-refractivity contribution in [1.82, 2.24) is 19.5 Å². The molecule has 0 bridgehead atoms. The van der Waals surface area contributed by atoms with Crippen molar-refractivity contribution >= 4 is 40.5 Å². The molecule has 10 nitrogen and oxygen atoms in total. The van der Waals surface area contributed by atoms with Gasteiger partial charge in [0.25, 0.3) is 5.88 Å². The van der Waals surface area contributed by atoms with Gasteiger partial charge in [0.2, 0.25) is 0 Å². The Kier molecular flexibility index (Phi) is 6.37. The van der Waals surface area contributed by atoms with Crippen LogP contribution in [0.5, 0.6) is 5.88 Å². The van der Waals surface area contributed by atoms with E-state index < -0.39 is 18.2 Å². The van der Waals surface area contributed by atoms with Crippen LogP contribution in [0.3, 0.4) is 0 Å². The van der Waals surface area contributed by atoms with Gasteiger partial charge in [-0.25, -0.2) is 9.97 Å². The summed E-state index contributed by atoms with van der Waals surface area (Å²) in [5, 5.41) is 8.54. The van der Waals surface area contributed by atoms with E-state index in [1.165, 1.54) is 6.33 Å². The van der Waals surface area contributed by atoms with Gasteiger partial charge < -0.3 is 20.4 Å². The van der Waals surface area contributed by atoms with E-state index in [0.29, 0.717) is 29.1 Å². The van der Waals surface area contributed by atoms with E-state index in [-0.39, 0.29) is 23.3 Å². The van der Waals surface area contributed by atoms with Gasteiger partial charge in [-0.3, -0.25) is 9.36 Å². The minimum absolute atomic E-state index is 0.0850. The average Bonchev–Trinajstić information content (AvgIpc) is 3.20. The smallest absolute Gasteiger partial charge is 0.320 e. The van der Waals surface area contributed by atoms with Gasteiger partial charge in [-0.15, -0.1) is 11.6 Å². The summed E-state index contributed by atoms with van der Waals surface area (Å²) in [6, 6.07) is -0.844. The van der Waals surface area contributed by atoms with Gasteiger partial charge in [-0.05, 0) is 12.2 Å². The molecule has 0 amide bonds. The van der Waals surface area contributed by atoms with E-state index in [9.17, 15) is 4.79 Å².